The van der Waals surface area contributed by atoms with Crippen molar-refractivity contribution < 1.29 is 28.9 Å². The van der Waals surface area contributed by atoms with Crippen LogP contribution < -0.4 is 5.32 Å². The Morgan fingerprint density at radius 3 is 1.62 bits per heavy atom. The van der Waals surface area contributed by atoms with Crippen LogP contribution in [0.5, 0.6) is 0 Å². The molecule has 0 bridgehead atoms. The van der Waals surface area contributed by atoms with Crippen molar-refractivity contribution in [3.63, 3.8) is 0 Å². The van der Waals surface area contributed by atoms with Crippen molar-refractivity contribution in [1.82, 2.24) is 5.32 Å². The van der Waals surface area contributed by atoms with Gasteiger partial charge in [0.2, 0.25) is 5.91 Å². The van der Waals surface area contributed by atoms with E-state index in [1.165, 1.54) is 109 Å². The lowest BCUT2D eigenvalue weighted by Gasteiger charge is -2.16. The average Bonchev–Trinajstić information content (AvgIpc) is 2.94. The third-order valence-corrected chi connectivity index (χ3v) is 7.30. The van der Waals surface area contributed by atoms with E-state index >= 15 is 0 Å². The molecule has 0 saturated carbocycles. The molecule has 40 heavy (non-hydrogen) atoms. The average molecular weight is 572 g/mol. The van der Waals surface area contributed by atoms with E-state index in [9.17, 15) is 14.7 Å². The summed E-state index contributed by atoms with van der Waals surface area (Å²) < 4.78 is 16.3. The summed E-state index contributed by atoms with van der Waals surface area (Å²) in [5.74, 6) is -0.191. The maximum absolute atomic E-state index is 12.1. The Morgan fingerprint density at radius 2 is 1.12 bits per heavy atom. The number of aliphatic hydroxyl groups is 1. The van der Waals surface area contributed by atoms with Crippen LogP contribution in [-0.4, -0.2) is 56.2 Å². The van der Waals surface area contributed by atoms with Crippen LogP contribution in [-0.2, 0) is 23.8 Å². The molecule has 0 aromatic rings. The van der Waals surface area contributed by atoms with Gasteiger partial charge >= 0.3 is 5.97 Å². The topological polar surface area (TPSA) is 94.1 Å². The Kier molecular flexibility index (Phi) is 31.4. The van der Waals surface area contributed by atoms with Gasteiger partial charge in [0.25, 0.3) is 0 Å². The normalized spacial score (nSPS) is 12.0. The molecule has 0 aromatic carbocycles. The fourth-order valence-electron chi connectivity index (χ4n) is 4.78. The minimum atomic E-state index is -0.620. The van der Waals surface area contributed by atoms with Crippen molar-refractivity contribution in [3.05, 3.63) is 0 Å². The molecule has 0 aliphatic rings. The second-order valence-electron chi connectivity index (χ2n) is 11.3. The minimum Gasteiger partial charge on any atom is -0.457 e. The second-order valence-corrected chi connectivity index (χ2v) is 11.3. The summed E-state index contributed by atoms with van der Waals surface area (Å²) in [5, 5.41) is 12.3. The zero-order chi connectivity index (χ0) is 29.4. The standard InChI is InChI=1S/C33H65NO6/c1-3-4-5-6-7-8-9-10-13-16-19-22-25-33(37)40-32(28-35)29-39-30-38-27-24-21-18-15-12-11-14-17-20-23-26-34-31(2)36/h32,35H,3-30H2,1-2H3,(H,34,36)/t32-/m1/s1. The van der Waals surface area contributed by atoms with Crippen molar-refractivity contribution in [3.8, 4) is 0 Å². The Bertz CT molecular complexity index is 545. The van der Waals surface area contributed by atoms with Crippen LogP contribution in [0.1, 0.15) is 162 Å². The van der Waals surface area contributed by atoms with Gasteiger partial charge in [0.05, 0.1) is 13.2 Å². The summed E-state index contributed by atoms with van der Waals surface area (Å²) in [6, 6.07) is 0. The van der Waals surface area contributed by atoms with E-state index in [0.29, 0.717) is 13.0 Å². The van der Waals surface area contributed by atoms with Crippen LogP contribution in [0.2, 0.25) is 0 Å². The molecule has 0 unspecified atom stereocenters. The molecule has 0 saturated heterocycles. The molecule has 7 heteroatoms. The van der Waals surface area contributed by atoms with Crippen molar-refractivity contribution in [1.29, 1.82) is 0 Å². The van der Waals surface area contributed by atoms with E-state index in [0.717, 1.165) is 38.6 Å². The number of amides is 1. The zero-order valence-electron chi connectivity index (χ0n) is 26.4. The highest BCUT2D eigenvalue weighted by atomic mass is 16.7. The molecule has 0 fully saturated rings. The summed E-state index contributed by atoms with van der Waals surface area (Å²) in [6.45, 7) is 5.38. The number of nitrogens with one attached hydrogen (secondary N) is 1. The molecule has 0 aliphatic heterocycles. The SMILES string of the molecule is CCCCCCCCCCCCCCC(=O)O[C@H](CO)COCOCCCCCCCCCCCCNC(C)=O. The van der Waals surface area contributed by atoms with Crippen LogP contribution in [0.4, 0.5) is 0 Å². The van der Waals surface area contributed by atoms with E-state index < -0.39 is 6.10 Å². The number of unbranched alkanes of at least 4 members (excludes halogenated alkanes) is 20. The number of hydrogen-bond donors (Lipinski definition) is 2. The first-order valence-electron chi connectivity index (χ1n) is 16.8. The largest absolute Gasteiger partial charge is 0.457 e. The van der Waals surface area contributed by atoms with Crippen molar-refractivity contribution in [2.45, 2.75) is 168 Å². The lowest BCUT2D eigenvalue weighted by Crippen LogP contribution is -2.27. The van der Waals surface area contributed by atoms with Gasteiger partial charge in [-0.2, -0.15) is 0 Å². The monoisotopic (exact) mass is 571 g/mol. The summed E-state index contributed by atoms with van der Waals surface area (Å²) in [6.07, 6.45) is 27.0. The van der Waals surface area contributed by atoms with E-state index in [4.69, 9.17) is 14.2 Å². The zero-order valence-corrected chi connectivity index (χ0v) is 26.4. The molecule has 0 radical (unpaired) electrons. The molecule has 238 valence electrons. The number of carbonyl (C=O) groups excluding carboxylic acids is 2. The Hall–Kier alpha value is -1.18. The first-order valence-corrected chi connectivity index (χ1v) is 16.8. The van der Waals surface area contributed by atoms with Crippen molar-refractivity contribution in [2.75, 3.05) is 33.2 Å². The van der Waals surface area contributed by atoms with E-state index in [1.54, 1.807) is 6.92 Å². The number of aliphatic hydroxyl groups excluding tert-OH is 1. The van der Waals surface area contributed by atoms with Gasteiger partial charge in [-0.05, 0) is 19.3 Å². The summed E-state index contributed by atoms with van der Waals surface area (Å²) in [4.78, 5) is 22.8. The molecule has 0 aromatic heterocycles. The van der Waals surface area contributed by atoms with Gasteiger partial charge in [0, 0.05) is 26.5 Å². The van der Waals surface area contributed by atoms with Crippen LogP contribution in [0, 0.1) is 0 Å². The number of carbonyl (C=O) groups is 2. The first kappa shape index (κ1) is 38.8. The van der Waals surface area contributed by atoms with Crippen LogP contribution in [0.25, 0.3) is 0 Å². The highest BCUT2D eigenvalue weighted by Crippen LogP contribution is 2.13. The number of esters is 1. The molecule has 1 atom stereocenters. The molecule has 0 heterocycles. The van der Waals surface area contributed by atoms with Crippen molar-refractivity contribution in [2.24, 2.45) is 0 Å². The number of rotatable bonds is 32. The van der Waals surface area contributed by atoms with Gasteiger partial charge in [-0.15, -0.1) is 0 Å². The van der Waals surface area contributed by atoms with Gasteiger partial charge in [0.1, 0.15) is 12.9 Å². The molecular weight excluding hydrogens is 506 g/mol. The summed E-state index contributed by atoms with van der Waals surface area (Å²) in [5.41, 5.74) is 0. The lowest BCUT2D eigenvalue weighted by molar-refractivity contribution is -0.159. The Labute approximate surface area is 246 Å². The smallest absolute Gasteiger partial charge is 0.306 e. The lowest BCUT2D eigenvalue weighted by atomic mass is 10.0. The van der Waals surface area contributed by atoms with Crippen LogP contribution >= 0.6 is 0 Å². The van der Waals surface area contributed by atoms with Gasteiger partial charge < -0.3 is 24.6 Å². The van der Waals surface area contributed by atoms with Gasteiger partial charge in [-0.3, -0.25) is 9.59 Å². The predicted molar refractivity (Wildman–Crippen MR) is 164 cm³/mol. The molecule has 0 aliphatic carbocycles. The highest BCUT2D eigenvalue weighted by Gasteiger charge is 2.13. The van der Waals surface area contributed by atoms with Crippen LogP contribution in [0.3, 0.4) is 0 Å². The molecule has 2 N–H and O–H groups in total. The van der Waals surface area contributed by atoms with E-state index in [-0.39, 0.29) is 31.9 Å². The van der Waals surface area contributed by atoms with Gasteiger partial charge in [0.15, 0.2) is 0 Å². The maximum Gasteiger partial charge on any atom is 0.306 e. The summed E-state index contributed by atoms with van der Waals surface area (Å²) >= 11 is 0. The van der Waals surface area contributed by atoms with Gasteiger partial charge in [-0.25, -0.2) is 0 Å². The third-order valence-electron chi connectivity index (χ3n) is 7.30. The molecular formula is C33H65NO6. The maximum atomic E-state index is 12.1. The predicted octanol–water partition coefficient (Wildman–Crippen LogP) is 8.01. The van der Waals surface area contributed by atoms with E-state index in [1.807, 2.05) is 0 Å². The summed E-state index contributed by atoms with van der Waals surface area (Å²) in [7, 11) is 0. The number of hydrogen-bond acceptors (Lipinski definition) is 6. The fraction of sp³-hybridized carbons (Fsp3) is 0.939. The third kappa shape index (κ3) is 31.3. The first-order chi connectivity index (χ1) is 19.6. The molecule has 7 nitrogen and oxygen atoms in total. The molecule has 0 spiro atoms. The van der Waals surface area contributed by atoms with Crippen LogP contribution in [0.15, 0.2) is 0 Å². The van der Waals surface area contributed by atoms with Crippen molar-refractivity contribution >= 4 is 11.9 Å². The molecule has 0 rings (SSSR count). The Balaban J connectivity index is 3.39. The second kappa shape index (κ2) is 32.3. The minimum absolute atomic E-state index is 0.0612. The fourth-order valence-corrected chi connectivity index (χ4v) is 4.78. The Morgan fingerprint density at radius 1 is 0.650 bits per heavy atom. The molecule has 1 amide bonds. The van der Waals surface area contributed by atoms with Gasteiger partial charge in [-0.1, -0.05) is 129 Å². The highest BCUT2D eigenvalue weighted by molar-refractivity contribution is 5.72. The quantitative estimate of drug-likeness (QED) is 0.0482. The number of ether oxygens (including phenoxy) is 3. The van der Waals surface area contributed by atoms with E-state index in [2.05, 4.69) is 12.2 Å².